The highest BCUT2D eigenvalue weighted by molar-refractivity contribution is 9.10. The quantitative estimate of drug-likeness (QED) is 0.798. The molecule has 0 aliphatic carbocycles. The molecular weight excluding hydrogens is 296 g/mol. The molecule has 0 saturated carbocycles. The van der Waals surface area contributed by atoms with Gasteiger partial charge in [0.1, 0.15) is 0 Å². The Morgan fingerprint density at radius 1 is 1.62 bits per heavy atom. The molecule has 13 heavy (non-hydrogen) atoms. The molecule has 4 heteroatoms. The summed E-state index contributed by atoms with van der Waals surface area (Å²) in [6.07, 6.45) is 3.62. The molecule has 0 aromatic carbocycles. The molecule has 0 spiro atoms. The van der Waals surface area contributed by atoms with Crippen LogP contribution in [0, 0.1) is 0 Å². The van der Waals surface area contributed by atoms with Gasteiger partial charge in [-0.1, -0.05) is 15.9 Å². The van der Waals surface area contributed by atoms with Gasteiger partial charge in [0, 0.05) is 30.8 Å². The van der Waals surface area contributed by atoms with Crippen LogP contribution in [0.25, 0.3) is 0 Å². The Hall–Kier alpha value is -0.0900. The fourth-order valence-electron chi connectivity index (χ4n) is 0.995. The Bertz CT molecular complexity index is 278. The Morgan fingerprint density at radius 2 is 2.31 bits per heavy atom. The number of anilines is 1. The fraction of sp³-hybridized carbons (Fsp3) is 0.444. The van der Waals surface area contributed by atoms with E-state index in [9.17, 15) is 0 Å². The molecule has 1 heterocycles. The van der Waals surface area contributed by atoms with Gasteiger partial charge in [-0.25, -0.2) is 0 Å². The topological polar surface area (TPSA) is 16.1 Å². The smallest absolute Gasteiger partial charge is 0.0592 e. The van der Waals surface area contributed by atoms with E-state index in [2.05, 4.69) is 55.7 Å². The van der Waals surface area contributed by atoms with E-state index < -0.39 is 0 Å². The first kappa shape index (κ1) is 11.0. The summed E-state index contributed by atoms with van der Waals surface area (Å²) in [5.41, 5.74) is 1.17. The molecule has 1 atom stereocenters. The van der Waals surface area contributed by atoms with Gasteiger partial charge in [0.2, 0.25) is 0 Å². The van der Waals surface area contributed by atoms with E-state index in [1.54, 1.807) is 6.20 Å². The minimum Gasteiger partial charge on any atom is -0.370 e. The van der Waals surface area contributed by atoms with Gasteiger partial charge in [0.15, 0.2) is 0 Å². The summed E-state index contributed by atoms with van der Waals surface area (Å²) in [6, 6.07) is 2.47. The molecule has 0 bridgehead atoms. The van der Waals surface area contributed by atoms with Crippen molar-refractivity contribution >= 4 is 37.5 Å². The lowest BCUT2D eigenvalue weighted by molar-refractivity contribution is 0.767. The van der Waals surface area contributed by atoms with Gasteiger partial charge in [-0.3, -0.25) is 4.98 Å². The maximum absolute atomic E-state index is 4.03. The van der Waals surface area contributed by atoms with Crippen LogP contribution in [0.1, 0.15) is 6.92 Å². The molecule has 0 aliphatic rings. The van der Waals surface area contributed by atoms with Crippen LogP contribution >= 0.6 is 31.9 Å². The highest BCUT2D eigenvalue weighted by Crippen LogP contribution is 2.25. The number of halogens is 2. The van der Waals surface area contributed by atoms with E-state index >= 15 is 0 Å². The number of rotatable bonds is 3. The van der Waals surface area contributed by atoms with Crippen molar-refractivity contribution in [3.63, 3.8) is 0 Å². The molecule has 1 aromatic heterocycles. The van der Waals surface area contributed by atoms with E-state index in [4.69, 9.17) is 0 Å². The summed E-state index contributed by atoms with van der Waals surface area (Å²) in [6.45, 7) is 2.17. The number of pyridine rings is 1. The zero-order valence-electron chi connectivity index (χ0n) is 7.67. The number of aromatic nitrogens is 1. The Kier molecular flexibility index (Phi) is 4.19. The van der Waals surface area contributed by atoms with Crippen molar-refractivity contribution in [1.29, 1.82) is 0 Å². The number of alkyl halides is 1. The monoisotopic (exact) mass is 306 g/mol. The van der Waals surface area contributed by atoms with E-state index in [0.717, 1.165) is 9.80 Å². The maximum atomic E-state index is 4.03. The molecule has 2 nitrogen and oxygen atoms in total. The molecule has 72 valence electrons. The van der Waals surface area contributed by atoms with Crippen molar-refractivity contribution in [3.05, 3.63) is 22.9 Å². The molecule has 1 rings (SSSR count). The van der Waals surface area contributed by atoms with Gasteiger partial charge in [-0.05, 0) is 28.9 Å². The minimum atomic E-state index is 0.471. The fourth-order valence-corrected chi connectivity index (χ4v) is 1.96. The van der Waals surface area contributed by atoms with Crippen LogP contribution in [-0.4, -0.2) is 23.4 Å². The molecular formula is C9H12Br2N2. The number of nitrogens with zero attached hydrogens (tertiary/aromatic N) is 2. The second-order valence-corrected chi connectivity index (χ2v) is 4.44. The van der Waals surface area contributed by atoms with Crippen LogP contribution in [0.4, 0.5) is 5.69 Å². The zero-order chi connectivity index (χ0) is 9.84. The molecule has 0 radical (unpaired) electrons. The summed E-state index contributed by atoms with van der Waals surface area (Å²) in [5.74, 6) is 0. The average Bonchev–Trinajstić information content (AvgIpc) is 2.16. The summed E-state index contributed by atoms with van der Waals surface area (Å²) in [7, 11) is 2.08. The third-order valence-corrected chi connectivity index (χ3v) is 3.56. The summed E-state index contributed by atoms with van der Waals surface area (Å²) < 4.78 is 1.03. The first-order valence-corrected chi connectivity index (χ1v) is 5.96. The SMILES string of the molecule is CC(CBr)N(C)c1ccncc1Br. The average molecular weight is 308 g/mol. The predicted octanol–water partition coefficient (Wildman–Crippen LogP) is 3.06. The van der Waals surface area contributed by atoms with Crippen molar-refractivity contribution in [2.75, 3.05) is 17.3 Å². The first-order valence-electron chi connectivity index (χ1n) is 4.05. The highest BCUT2D eigenvalue weighted by atomic mass is 79.9. The van der Waals surface area contributed by atoms with Gasteiger partial charge in [-0.15, -0.1) is 0 Å². The number of hydrogen-bond acceptors (Lipinski definition) is 2. The first-order chi connectivity index (χ1) is 6.16. The Labute approximate surface area is 95.6 Å². The van der Waals surface area contributed by atoms with Crippen LogP contribution in [0.3, 0.4) is 0 Å². The van der Waals surface area contributed by atoms with E-state index in [-0.39, 0.29) is 0 Å². The third kappa shape index (κ3) is 2.68. The van der Waals surface area contributed by atoms with Crippen LogP contribution in [-0.2, 0) is 0 Å². The lowest BCUT2D eigenvalue weighted by Crippen LogP contribution is -2.30. The van der Waals surface area contributed by atoms with Crippen LogP contribution < -0.4 is 4.90 Å². The van der Waals surface area contributed by atoms with Gasteiger partial charge in [-0.2, -0.15) is 0 Å². The largest absolute Gasteiger partial charge is 0.370 e. The second kappa shape index (κ2) is 4.96. The summed E-state index contributed by atoms with van der Waals surface area (Å²) in [5, 5.41) is 0.957. The van der Waals surface area contributed by atoms with Gasteiger partial charge in [0.05, 0.1) is 10.2 Å². The van der Waals surface area contributed by atoms with Crippen molar-refractivity contribution in [1.82, 2.24) is 4.98 Å². The Balaban J connectivity index is 2.88. The normalized spacial score (nSPS) is 12.6. The molecule has 0 N–H and O–H groups in total. The second-order valence-electron chi connectivity index (χ2n) is 2.94. The van der Waals surface area contributed by atoms with E-state index in [0.29, 0.717) is 6.04 Å². The van der Waals surface area contributed by atoms with Crippen molar-refractivity contribution in [2.45, 2.75) is 13.0 Å². The minimum absolute atomic E-state index is 0.471. The Morgan fingerprint density at radius 3 is 2.85 bits per heavy atom. The van der Waals surface area contributed by atoms with Crippen LogP contribution in [0.2, 0.25) is 0 Å². The van der Waals surface area contributed by atoms with Crippen LogP contribution in [0.15, 0.2) is 22.9 Å². The molecule has 1 aromatic rings. The molecule has 0 amide bonds. The highest BCUT2D eigenvalue weighted by Gasteiger charge is 2.10. The van der Waals surface area contributed by atoms with Crippen molar-refractivity contribution in [2.24, 2.45) is 0 Å². The predicted molar refractivity (Wildman–Crippen MR) is 63.6 cm³/mol. The summed E-state index contributed by atoms with van der Waals surface area (Å²) in [4.78, 5) is 6.24. The van der Waals surface area contributed by atoms with Crippen molar-refractivity contribution < 1.29 is 0 Å². The molecule has 1 unspecified atom stereocenters. The molecule has 0 saturated heterocycles. The van der Waals surface area contributed by atoms with E-state index in [1.165, 1.54) is 5.69 Å². The van der Waals surface area contributed by atoms with Gasteiger partial charge < -0.3 is 4.90 Å². The third-order valence-electron chi connectivity index (χ3n) is 2.02. The van der Waals surface area contributed by atoms with Gasteiger partial charge in [0.25, 0.3) is 0 Å². The zero-order valence-corrected chi connectivity index (χ0v) is 10.8. The molecule has 0 aliphatic heterocycles. The van der Waals surface area contributed by atoms with Crippen molar-refractivity contribution in [3.8, 4) is 0 Å². The summed E-state index contributed by atoms with van der Waals surface area (Å²) >= 11 is 6.94. The number of hydrogen-bond donors (Lipinski definition) is 0. The lowest BCUT2D eigenvalue weighted by atomic mass is 10.3. The maximum Gasteiger partial charge on any atom is 0.0592 e. The standard InChI is InChI=1S/C9H12Br2N2/c1-7(5-10)13(2)9-3-4-12-6-8(9)11/h3-4,6-7H,5H2,1-2H3. The van der Waals surface area contributed by atoms with Gasteiger partial charge >= 0.3 is 0 Å². The van der Waals surface area contributed by atoms with Crippen LogP contribution in [0.5, 0.6) is 0 Å². The molecule has 0 fully saturated rings. The lowest BCUT2D eigenvalue weighted by Gasteiger charge is -2.26. The van der Waals surface area contributed by atoms with E-state index in [1.807, 2.05) is 12.3 Å².